The zero-order valence-corrected chi connectivity index (χ0v) is 10.1. The quantitative estimate of drug-likeness (QED) is 0.856. The second kappa shape index (κ2) is 5.82. The number of benzene rings is 1. The molecular formula is C14H20N2O. The molecule has 1 aliphatic heterocycles. The second-order valence-corrected chi connectivity index (χ2v) is 4.73. The highest BCUT2D eigenvalue weighted by Crippen LogP contribution is 2.11. The zero-order valence-electron chi connectivity index (χ0n) is 10.1. The van der Waals surface area contributed by atoms with Crippen LogP contribution in [0.4, 0.5) is 0 Å². The molecule has 0 spiro atoms. The van der Waals surface area contributed by atoms with E-state index in [1.54, 1.807) is 0 Å². The van der Waals surface area contributed by atoms with Crippen LogP contribution in [0.5, 0.6) is 0 Å². The van der Waals surface area contributed by atoms with Crippen LogP contribution in [0.15, 0.2) is 30.3 Å². The summed E-state index contributed by atoms with van der Waals surface area (Å²) >= 11 is 0. The molecular weight excluding hydrogens is 212 g/mol. The van der Waals surface area contributed by atoms with Crippen molar-refractivity contribution in [1.82, 2.24) is 4.90 Å². The minimum Gasteiger partial charge on any atom is -0.341 e. The number of amides is 1. The lowest BCUT2D eigenvalue weighted by molar-refractivity contribution is -0.130. The monoisotopic (exact) mass is 232 g/mol. The summed E-state index contributed by atoms with van der Waals surface area (Å²) in [6.07, 6.45) is 3.49. The number of carbonyl (C=O) groups is 1. The van der Waals surface area contributed by atoms with Gasteiger partial charge in [0.15, 0.2) is 0 Å². The van der Waals surface area contributed by atoms with Crippen molar-refractivity contribution in [1.29, 1.82) is 0 Å². The summed E-state index contributed by atoms with van der Waals surface area (Å²) in [6.45, 7) is 1.58. The van der Waals surface area contributed by atoms with Gasteiger partial charge in [-0.05, 0) is 24.8 Å². The number of rotatable bonds is 4. The van der Waals surface area contributed by atoms with Crippen LogP contribution >= 0.6 is 0 Å². The molecule has 2 N–H and O–H groups in total. The number of hydrogen-bond donors (Lipinski definition) is 1. The lowest BCUT2D eigenvalue weighted by Crippen LogP contribution is -2.31. The lowest BCUT2D eigenvalue weighted by Gasteiger charge is -2.15. The van der Waals surface area contributed by atoms with Crippen LogP contribution in [0.25, 0.3) is 0 Å². The molecule has 0 saturated carbocycles. The number of nitrogens with zero attached hydrogens (tertiary/aromatic N) is 1. The van der Waals surface area contributed by atoms with Crippen LogP contribution in [0, 0.1) is 0 Å². The third-order valence-corrected chi connectivity index (χ3v) is 3.28. The maximum Gasteiger partial charge on any atom is 0.222 e. The van der Waals surface area contributed by atoms with E-state index in [2.05, 4.69) is 12.1 Å². The molecule has 3 heteroatoms. The van der Waals surface area contributed by atoms with Crippen molar-refractivity contribution < 1.29 is 4.79 Å². The molecule has 1 amide bonds. The van der Waals surface area contributed by atoms with Crippen LogP contribution < -0.4 is 5.73 Å². The van der Waals surface area contributed by atoms with E-state index in [0.717, 1.165) is 32.4 Å². The molecule has 0 unspecified atom stereocenters. The molecule has 0 bridgehead atoms. The van der Waals surface area contributed by atoms with Crippen molar-refractivity contribution in [3.8, 4) is 0 Å². The zero-order chi connectivity index (χ0) is 12.1. The first-order valence-corrected chi connectivity index (χ1v) is 6.33. The molecule has 1 saturated heterocycles. The average molecular weight is 232 g/mol. The topological polar surface area (TPSA) is 46.3 Å². The van der Waals surface area contributed by atoms with Crippen molar-refractivity contribution >= 4 is 5.91 Å². The lowest BCUT2D eigenvalue weighted by atomic mass is 10.1. The molecule has 1 aromatic carbocycles. The summed E-state index contributed by atoms with van der Waals surface area (Å²) < 4.78 is 0. The van der Waals surface area contributed by atoms with Gasteiger partial charge in [-0.25, -0.2) is 0 Å². The average Bonchev–Trinajstić information content (AvgIpc) is 2.77. The van der Waals surface area contributed by atoms with E-state index in [1.165, 1.54) is 5.56 Å². The summed E-state index contributed by atoms with van der Waals surface area (Å²) in [4.78, 5) is 13.7. The van der Waals surface area contributed by atoms with E-state index < -0.39 is 0 Å². The number of likely N-dealkylation sites (tertiary alicyclic amines) is 1. The van der Waals surface area contributed by atoms with Crippen LogP contribution in [0.3, 0.4) is 0 Å². The molecule has 0 radical (unpaired) electrons. The van der Waals surface area contributed by atoms with Crippen molar-refractivity contribution in [2.24, 2.45) is 5.73 Å². The molecule has 0 aliphatic carbocycles. The van der Waals surface area contributed by atoms with Gasteiger partial charge in [0.05, 0.1) is 0 Å². The fraction of sp³-hybridized carbons (Fsp3) is 0.500. The number of hydrogen-bond acceptors (Lipinski definition) is 2. The maximum absolute atomic E-state index is 11.9. The first-order valence-electron chi connectivity index (χ1n) is 6.33. The molecule has 17 heavy (non-hydrogen) atoms. The molecule has 1 aliphatic rings. The molecule has 92 valence electrons. The largest absolute Gasteiger partial charge is 0.341 e. The van der Waals surface area contributed by atoms with Gasteiger partial charge in [-0.2, -0.15) is 0 Å². The van der Waals surface area contributed by atoms with E-state index >= 15 is 0 Å². The summed E-state index contributed by atoms with van der Waals surface area (Å²) in [5.74, 6) is 0.258. The van der Waals surface area contributed by atoms with E-state index in [0.29, 0.717) is 6.42 Å². The minimum atomic E-state index is 0.188. The van der Waals surface area contributed by atoms with Crippen molar-refractivity contribution in [2.75, 3.05) is 13.1 Å². The highest BCUT2D eigenvalue weighted by molar-refractivity contribution is 5.76. The minimum absolute atomic E-state index is 0.188. The number of carbonyl (C=O) groups excluding carboxylic acids is 1. The van der Waals surface area contributed by atoms with Gasteiger partial charge in [-0.1, -0.05) is 30.3 Å². The van der Waals surface area contributed by atoms with Crippen molar-refractivity contribution in [2.45, 2.75) is 31.7 Å². The smallest absolute Gasteiger partial charge is 0.222 e. The number of nitrogens with two attached hydrogens (primary N) is 1. The van der Waals surface area contributed by atoms with Crippen LogP contribution in [0.2, 0.25) is 0 Å². The molecule has 2 rings (SSSR count). The summed E-state index contributed by atoms with van der Waals surface area (Å²) in [7, 11) is 0. The van der Waals surface area contributed by atoms with Gasteiger partial charge in [-0.15, -0.1) is 0 Å². The Balaban J connectivity index is 1.70. The Hall–Kier alpha value is -1.35. The fourth-order valence-corrected chi connectivity index (χ4v) is 2.26. The summed E-state index contributed by atoms with van der Waals surface area (Å²) in [5.41, 5.74) is 7.09. The van der Waals surface area contributed by atoms with Gasteiger partial charge in [0.2, 0.25) is 5.91 Å². The van der Waals surface area contributed by atoms with E-state index in [-0.39, 0.29) is 11.9 Å². The Labute approximate surface area is 103 Å². The highest BCUT2D eigenvalue weighted by Gasteiger charge is 2.22. The fourth-order valence-electron chi connectivity index (χ4n) is 2.26. The molecule has 3 nitrogen and oxygen atoms in total. The molecule has 0 aromatic heterocycles. The number of aryl methyl sites for hydroxylation is 1. The van der Waals surface area contributed by atoms with Gasteiger partial charge in [0.25, 0.3) is 0 Å². The molecule has 1 fully saturated rings. The standard InChI is InChI=1S/C14H20N2O/c15-13-9-10-16(11-13)14(17)8-4-7-12-5-2-1-3-6-12/h1-3,5-6,13H,4,7-11,15H2/t13-/m1/s1. The van der Waals surface area contributed by atoms with Crippen LogP contribution in [-0.4, -0.2) is 29.9 Å². The van der Waals surface area contributed by atoms with Crippen molar-refractivity contribution in [3.63, 3.8) is 0 Å². The molecule has 1 aromatic rings. The molecule has 1 heterocycles. The highest BCUT2D eigenvalue weighted by atomic mass is 16.2. The van der Waals surface area contributed by atoms with E-state index in [9.17, 15) is 4.79 Å². The van der Waals surface area contributed by atoms with Gasteiger partial charge < -0.3 is 10.6 Å². The third-order valence-electron chi connectivity index (χ3n) is 3.28. The first kappa shape index (κ1) is 12.1. The van der Waals surface area contributed by atoms with Crippen LogP contribution in [0.1, 0.15) is 24.8 Å². The van der Waals surface area contributed by atoms with Crippen molar-refractivity contribution in [3.05, 3.63) is 35.9 Å². The first-order chi connectivity index (χ1) is 8.25. The predicted octanol–water partition coefficient (Wildman–Crippen LogP) is 1.57. The Bertz CT molecular complexity index is 364. The Morgan fingerprint density at radius 2 is 2.12 bits per heavy atom. The maximum atomic E-state index is 11.9. The van der Waals surface area contributed by atoms with Gasteiger partial charge >= 0.3 is 0 Å². The predicted molar refractivity (Wildman–Crippen MR) is 68.6 cm³/mol. The van der Waals surface area contributed by atoms with Gasteiger partial charge in [0.1, 0.15) is 0 Å². The van der Waals surface area contributed by atoms with Crippen LogP contribution in [-0.2, 0) is 11.2 Å². The normalized spacial score (nSPS) is 19.6. The van der Waals surface area contributed by atoms with E-state index in [4.69, 9.17) is 5.73 Å². The second-order valence-electron chi connectivity index (χ2n) is 4.73. The van der Waals surface area contributed by atoms with E-state index in [1.807, 2.05) is 23.1 Å². The van der Waals surface area contributed by atoms with Gasteiger partial charge in [0, 0.05) is 25.6 Å². The summed E-state index contributed by atoms with van der Waals surface area (Å²) in [6, 6.07) is 10.5. The molecule has 1 atom stereocenters. The Morgan fingerprint density at radius 3 is 2.76 bits per heavy atom. The summed E-state index contributed by atoms with van der Waals surface area (Å²) in [5, 5.41) is 0. The Morgan fingerprint density at radius 1 is 1.35 bits per heavy atom. The Kier molecular flexibility index (Phi) is 4.15. The SMILES string of the molecule is N[C@@H]1CCN(C(=O)CCCc2ccccc2)C1. The van der Waals surface area contributed by atoms with Gasteiger partial charge in [-0.3, -0.25) is 4.79 Å². The third kappa shape index (κ3) is 3.56.